The summed E-state index contributed by atoms with van der Waals surface area (Å²) in [5, 5.41) is 10.2. The lowest BCUT2D eigenvalue weighted by Crippen LogP contribution is -2.39. The molecule has 3 aliphatic carbocycles. The van der Waals surface area contributed by atoms with Gasteiger partial charge in [0.25, 0.3) is 0 Å². The second kappa shape index (κ2) is 8.77. The molecule has 0 bridgehead atoms. The number of imide groups is 1. The summed E-state index contributed by atoms with van der Waals surface area (Å²) in [6.45, 7) is 5.36. The van der Waals surface area contributed by atoms with E-state index in [-0.39, 0.29) is 40.6 Å². The summed E-state index contributed by atoms with van der Waals surface area (Å²) in [5.41, 5.74) is 3.86. The van der Waals surface area contributed by atoms with Crippen LogP contribution in [0.5, 0.6) is 5.75 Å². The van der Waals surface area contributed by atoms with Gasteiger partial charge in [-0.2, -0.15) is 0 Å². The first-order chi connectivity index (χ1) is 18.2. The predicted octanol–water partition coefficient (Wildman–Crippen LogP) is 5.32. The van der Waals surface area contributed by atoms with Crippen LogP contribution in [-0.4, -0.2) is 28.5 Å². The largest absolute Gasteiger partial charge is 0.508 e. The highest BCUT2D eigenvalue weighted by molar-refractivity contribution is 6.32. The number of ketones is 2. The molecular weight excluding hydrogens is 502 g/mol. The molecule has 2 aromatic rings. The molecule has 190 valence electrons. The molecule has 38 heavy (non-hydrogen) atoms. The number of fused-ring (bicyclic) bond motifs is 3. The van der Waals surface area contributed by atoms with Crippen LogP contribution in [0.15, 0.2) is 83.5 Å². The predicted molar refractivity (Wildman–Crippen MR) is 143 cm³/mol. The lowest BCUT2D eigenvalue weighted by Gasteiger charge is -2.42. The Hall–Kier alpha value is -4.03. The number of carbonyl (C=O) groups is 4. The molecule has 1 aliphatic heterocycles. The van der Waals surface area contributed by atoms with E-state index < -0.39 is 23.7 Å². The van der Waals surface area contributed by atoms with Gasteiger partial charge < -0.3 is 5.11 Å². The topological polar surface area (TPSA) is 91.8 Å². The Morgan fingerprint density at radius 3 is 2.45 bits per heavy atom. The van der Waals surface area contributed by atoms with Crippen molar-refractivity contribution in [2.24, 2.45) is 17.8 Å². The fraction of sp³-hybridized carbons (Fsp3) is 0.226. The van der Waals surface area contributed by atoms with Crippen molar-refractivity contribution >= 4 is 46.7 Å². The van der Waals surface area contributed by atoms with E-state index >= 15 is 0 Å². The van der Waals surface area contributed by atoms with E-state index in [0.717, 1.165) is 11.1 Å². The highest BCUT2D eigenvalue weighted by Gasteiger charge is 2.56. The molecule has 4 unspecified atom stereocenters. The number of Topliss-reactive ketones (excluding diaryl/α,β-unsaturated/α-hetero) is 1. The van der Waals surface area contributed by atoms with Crippen LogP contribution in [0.2, 0.25) is 5.02 Å². The van der Waals surface area contributed by atoms with Gasteiger partial charge in [-0.15, -0.1) is 0 Å². The van der Waals surface area contributed by atoms with Crippen molar-refractivity contribution in [1.29, 1.82) is 0 Å². The number of aromatic hydroxyl groups is 1. The number of amides is 2. The molecule has 0 spiro atoms. The number of benzene rings is 2. The van der Waals surface area contributed by atoms with Crippen LogP contribution in [0.25, 0.3) is 6.08 Å². The Balaban J connectivity index is 1.48. The van der Waals surface area contributed by atoms with Gasteiger partial charge >= 0.3 is 0 Å². The van der Waals surface area contributed by atoms with Crippen LogP contribution >= 0.6 is 11.6 Å². The van der Waals surface area contributed by atoms with E-state index in [2.05, 4.69) is 6.58 Å². The zero-order valence-electron chi connectivity index (χ0n) is 20.6. The third-order valence-corrected chi connectivity index (χ3v) is 8.57. The molecule has 0 radical (unpaired) electrons. The standard InChI is InChI=1S/C31H24ClNO5/c1-3-16-4-6-17(7-5-16)33-30(37)21-11-10-19-22(27(21)31(33)38)14-23-25(35)12-15(2)29(36)28(23)26(19)20-9-8-18(34)13-24(20)32/h3-10,12-13,21-22,26-27,34H,1,11,14H2,2H3. The van der Waals surface area contributed by atoms with Gasteiger partial charge in [-0.1, -0.05) is 54.1 Å². The molecule has 1 saturated heterocycles. The summed E-state index contributed by atoms with van der Waals surface area (Å²) in [6, 6.07) is 11.6. The lowest BCUT2D eigenvalue weighted by molar-refractivity contribution is -0.123. The number of anilines is 1. The molecule has 6 nitrogen and oxygen atoms in total. The molecule has 0 saturated carbocycles. The zero-order chi connectivity index (χ0) is 26.9. The number of hydrogen-bond acceptors (Lipinski definition) is 5. The molecule has 0 aromatic heterocycles. The van der Waals surface area contributed by atoms with Gasteiger partial charge in [0, 0.05) is 27.7 Å². The van der Waals surface area contributed by atoms with Crippen molar-refractivity contribution < 1.29 is 24.3 Å². The maximum absolute atomic E-state index is 13.9. The van der Waals surface area contributed by atoms with Crippen LogP contribution in [-0.2, 0) is 19.2 Å². The quantitative estimate of drug-likeness (QED) is 0.332. The van der Waals surface area contributed by atoms with Gasteiger partial charge in [-0.3, -0.25) is 24.1 Å². The number of phenolic OH excluding ortho intramolecular Hbond substituents is 1. The Bertz CT molecular complexity index is 1560. The van der Waals surface area contributed by atoms with Gasteiger partial charge in [0.15, 0.2) is 11.6 Å². The van der Waals surface area contributed by atoms with E-state index in [4.69, 9.17) is 11.6 Å². The SMILES string of the molecule is C=Cc1ccc(N2C(=O)C3CC=C4C(c5ccc(O)cc5Cl)C5=C(CC4C3C2=O)C(=O)C=C(C)C5=O)cc1. The van der Waals surface area contributed by atoms with Gasteiger partial charge in [0.2, 0.25) is 11.8 Å². The monoisotopic (exact) mass is 525 g/mol. The van der Waals surface area contributed by atoms with Gasteiger partial charge in [0.05, 0.1) is 17.5 Å². The average Bonchev–Trinajstić information content (AvgIpc) is 3.16. The summed E-state index contributed by atoms with van der Waals surface area (Å²) < 4.78 is 0. The van der Waals surface area contributed by atoms with E-state index in [1.807, 2.05) is 6.08 Å². The summed E-state index contributed by atoms with van der Waals surface area (Å²) in [6.07, 6.45) is 5.53. The van der Waals surface area contributed by atoms with E-state index in [1.165, 1.54) is 23.1 Å². The van der Waals surface area contributed by atoms with Gasteiger partial charge in [-0.05, 0) is 67.2 Å². The maximum Gasteiger partial charge on any atom is 0.238 e. The molecule has 1 heterocycles. The molecule has 7 heteroatoms. The summed E-state index contributed by atoms with van der Waals surface area (Å²) in [5.74, 6) is -3.38. The number of nitrogens with zero attached hydrogens (tertiary/aromatic N) is 1. The maximum atomic E-state index is 13.9. The zero-order valence-corrected chi connectivity index (χ0v) is 21.4. The molecular formula is C31H24ClNO5. The number of carbonyl (C=O) groups excluding carboxylic acids is 4. The molecule has 2 aromatic carbocycles. The van der Waals surface area contributed by atoms with Gasteiger partial charge in [-0.25, -0.2) is 0 Å². The van der Waals surface area contributed by atoms with Crippen molar-refractivity contribution in [3.63, 3.8) is 0 Å². The molecule has 1 fully saturated rings. The Morgan fingerprint density at radius 1 is 1.03 bits per heavy atom. The van der Waals surface area contributed by atoms with E-state index in [1.54, 1.807) is 43.3 Å². The first-order valence-electron chi connectivity index (χ1n) is 12.5. The Morgan fingerprint density at radius 2 is 1.76 bits per heavy atom. The lowest BCUT2D eigenvalue weighted by atomic mass is 9.59. The third-order valence-electron chi connectivity index (χ3n) is 8.25. The van der Waals surface area contributed by atoms with Crippen molar-refractivity contribution in [3.05, 3.63) is 99.6 Å². The number of halogens is 1. The fourth-order valence-electron chi connectivity index (χ4n) is 6.48. The highest BCUT2D eigenvalue weighted by Crippen LogP contribution is 2.56. The molecule has 1 N–H and O–H groups in total. The van der Waals surface area contributed by atoms with Crippen LogP contribution in [0, 0.1) is 17.8 Å². The molecule has 4 aliphatic rings. The number of phenols is 1. The van der Waals surface area contributed by atoms with Crippen molar-refractivity contribution in [2.75, 3.05) is 4.90 Å². The first-order valence-corrected chi connectivity index (χ1v) is 12.9. The van der Waals surface area contributed by atoms with Gasteiger partial charge in [0.1, 0.15) is 5.75 Å². The van der Waals surface area contributed by atoms with Crippen LogP contribution < -0.4 is 4.90 Å². The third kappa shape index (κ3) is 3.47. The number of rotatable bonds is 3. The number of allylic oxidation sites excluding steroid dienone is 6. The summed E-state index contributed by atoms with van der Waals surface area (Å²) >= 11 is 6.58. The van der Waals surface area contributed by atoms with Crippen molar-refractivity contribution in [3.8, 4) is 5.75 Å². The smallest absolute Gasteiger partial charge is 0.238 e. The summed E-state index contributed by atoms with van der Waals surface area (Å²) in [7, 11) is 0. The Labute approximate surface area is 224 Å². The second-order valence-electron chi connectivity index (χ2n) is 10.2. The normalized spacial score (nSPS) is 26.5. The van der Waals surface area contributed by atoms with Crippen LogP contribution in [0.3, 0.4) is 0 Å². The van der Waals surface area contributed by atoms with Crippen molar-refractivity contribution in [2.45, 2.75) is 25.7 Å². The van der Waals surface area contributed by atoms with Crippen molar-refractivity contribution in [1.82, 2.24) is 0 Å². The number of hydrogen-bond donors (Lipinski definition) is 1. The van der Waals surface area contributed by atoms with Crippen LogP contribution in [0.1, 0.15) is 36.8 Å². The molecule has 2 amide bonds. The fourth-order valence-corrected chi connectivity index (χ4v) is 6.76. The summed E-state index contributed by atoms with van der Waals surface area (Å²) in [4.78, 5) is 55.3. The van der Waals surface area contributed by atoms with Crippen LogP contribution in [0.4, 0.5) is 5.69 Å². The minimum atomic E-state index is -0.663. The molecule has 4 atom stereocenters. The van der Waals surface area contributed by atoms with E-state index in [0.29, 0.717) is 34.4 Å². The second-order valence-corrected chi connectivity index (χ2v) is 10.6. The highest BCUT2D eigenvalue weighted by atomic mass is 35.5. The minimum absolute atomic E-state index is 0.0187. The molecule has 6 rings (SSSR count). The Kier molecular flexibility index (Phi) is 5.61. The minimum Gasteiger partial charge on any atom is -0.508 e. The van der Waals surface area contributed by atoms with E-state index in [9.17, 15) is 24.3 Å². The average molecular weight is 526 g/mol. The first kappa shape index (κ1) is 24.3.